The number of amides is 7. The van der Waals surface area contributed by atoms with Crippen LogP contribution in [-0.4, -0.2) is 143 Å². The lowest BCUT2D eigenvalue weighted by atomic mass is 9.98. The highest BCUT2D eigenvalue weighted by Gasteiger charge is 2.37. The summed E-state index contributed by atoms with van der Waals surface area (Å²) in [6.07, 6.45) is -0.312. The molecule has 0 spiro atoms. The summed E-state index contributed by atoms with van der Waals surface area (Å²) < 4.78 is 11.6. The predicted octanol–water partition coefficient (Wildman–Crippen LogP) is 5.12. The standard InChI is InChI=1S/C54H75N7O11/c1-31(2)26-43(58-48(64)35(7)60(12)53(70)71-30-42-40-20-16-14-18-38(40)39-19-15-17-21-41(39)42)51(67)61(13)45(27-32(3)4)49(65)56-33(5)50(66)59(11)34(6)47(63)55-29-46(62)57-44(52(68)69)28-36-22-24-37(25-23-36)72-54(8,9)10/h14-25,31-35,42-45H,26-30H2,1-13H3,(H,55,63)(H,56,65)(H,57,62)(H,58,64)(H,68,69)/t33-,34-,35?,43-,44-,45-/m0/s1. The number of nitrogens with one attached hydrogen (secondary N) is 4. The van der Waals surface area contributed by atoms with E-state index >= 15 is 0 Å². The molecule has 72 heavy (non-hydrogen) atoms. The third-order valence-electron chi connectivity index (χ3n) is 12.6. The van der Waals surface area contributed by atoms with Gasteiger partial charge in [0.15, 0.2) is 0 Å². The summed E-state index contributed by atoms with van der Waals surface area (Å²) >= 11 is 0. The summed E-state index contributed by atoms with van der Waals surface area (Å²) in [5.74, 6) is -4.88. The number of ether oxygens (including phenoxy) is 2. The number of fused-ring (bicyclic) bond motifs is 3. The van der Waals surface area contributed by atoms with Gasteiger partial charge in [-0.3, -0.25) is 33.7 Å². The maximum atomic E-state index is 14.3. The molecule has 0 saturated carbocycles. The van der Waals surface area contributed by atoms with Gasteiger partial charge >= 0.3 is 12.1 Å². The third-order valence-corrected chi connectivity index (χ3v) is 12.6. The molecule has 0 radical (unpaired) electrons. The van der Waals surface area contributed by atoms with E-state index in [1.54, 1.807) is 24.3 Å². The van der Waals surface area contributed by atoms with Crippen molar-refractivity contribution in [1.29, 1.82) is 0 Å². The van der Waals surface area contributed by atoms with Gasteiger partial charge in [-0.2, -0.15) is 0 Å². The Kier molecular flexibility index (Phi) is 20.3. The number of carboxylic acids is 1. The van der Waals surface area contributed by atoms with Crippen molar-refractivity contribution < 1.29 is 52.9 Å². The number of benzene rings is 3. The van der Waals surface area contributed by atoms with Crippen LogP contribution in [0.4, 0.5) is 4.79 Å². The van der Waals surface area contributed by atoms with E-state index in [0.717, 1.165) is 27.2 Å². The molecule has 3 aromatic rings. The quantitative estimate of drug-likeness (QED) is 0.0837. The zero-order valence-electron chi connectivity index (χ0n) is 44.0. The Labute approximate surface area is 423 Å². The number of carbonyl (C=O) groups excluding carboxylic acids is 7. The molecule has 0 bridgehead atoms. The smallest absolute Gasteiger partial charge is 0.410 e. The number of aliphatic carboxylic acids is 1. The zero-order chi connectivity index (χ0) is 53.8. The topological polar surface area (TPSA) is 233 Å². The molecule has 0 aromatic heterocycles. The van der Waals surface area contributed by atoms with Gasteiger partial charge in [0.1, 0.15) is 54.2 Å². The van der Waals surface area contributed by atoms with Gasteiger partial charge < -0.3 is 45.6 Å². The van der Waals surface area contributed by atoms with Crippen LogP contribution in [0.1, 0.15) is 105 Å². The van der Waals surface area contributed by atoms with Crippen LogP contribution in [0.15, 0.2) is 72.8 Å². The average Bonchev–Trinajstić information content (AvgIpc) is 3.64. The fraction of sp³-hybridized carbons (Fsp3) is 0.519. The van der Waals surface area contributed by atoms with E-state index in [1.807, 2.05) is 97.0 Å². The van der Waals surface area contributed by atoms with Gasteiger partial charge in [0.05, 0.1) is 6.54 Å². The second-order valence-corrected chi connectivity index (χ2v) is 20.5. The molecule has 18 nitrogen and oxygen atoms in total. The fourth-order valence-electron chi connectivity index (χ4n) is 8.39. The number of carbonyl (C=O) groups is 8. The van der Waals surface area contributed by atoms with Gasteiger partial charge in [-0.15, -0.1) is 0 Å². The third kappa shape index (κ3) is 15.8. The van der Waals surface area contributed by atoms with E-state index in [0.29, 0.717) is 11.3 Å². The second kappa shape index (κ2) is 25.4. The molecule has 7 amide bonds. The first kappa shape index (κ1) is 57.6. The van der Waals surface area contributed by atoms with Crippen LogP contribution in [0.3, 0.4) is 0 Å². The van der Waals surface area contributed by atoms with Crippen molar-refractivity contribution >= 4 is 47.5 Å². The largest absolute Gasteiger partial charge is 0.488 e. The van der Waals surface area contributed by atoms with Gasteiger partial charge in [-0.25, -0.2) is 9.59 Å². The monoisotopic (exact) mass is 998 g/mol. The summed E-state index contributed by atoms with van der Waals surface area (Å²) in [7, 11) is 4.27. The van der Waals surface area contributed by atoms with Crippen molar-refractivity contribution in [2.75, 3.05) is 34.3 Å². The molecule has 1 unspecified atom stereocenters. The minimum atomic E-state index is -1.29. The number of hydrogen-bond donors (Lipinski definition) is 5. The second-order valence-electron chi connectivity index (χ2n) is 20.5. The Morgan fingerprint density at radius 3 is 1.69 bits per heavy atom. The van der Waals surface area contributed by atoms with Gasteiger partial charge in [0, 0.05) is 33.5 Å². The Morgan fingerprint density at radius 1 is 0.625 bits per heavy atom. The molecule has 1 aliphatic rings. The molecule has 5 N–H and O–H groups in total. The first-order valence-electron chi connectivity index (χ1n) is 24.5. The van der Waals surface area contributed by atoms with E-state index in [-0.39, 0.29) is 43.6 Å². The number of hydrogen-bond acceptors (Lipinski definition) is 10. The van der Waals surface area contributed by atoms with Crippen LogP contribution in [0.5, 0.6) is 5.75 Å². The van der Waals surface area contributed by atoms with Crippen molar-refractivity contribution in [2.45, 2.75) is 136 Å². The number of rotatable bonds is 23. The predicted molar refractivity (Wildman–Crippen MR) is 273 cm³/mol. The minimum Gasteiger partial charge on any atom is -0.488 e. The first-order valence-corrected chi connectivity index (χ1v) is 24.5. The molecule has 0 heterocycles. The summed E-state index contributed by atoms with van der Waals surface area (Å²) in [5.41, 5.74) is 4.47. The van der Waals surface area contributed by atoms with Crippen molar-refractivity contribution in [3.63, 3.8) is 0 Å². The SMILES string of the molecule is CC(C)C[C@H](NC(=O)C(C)N(C)C(=O)OCC1c2ccccc2-c2ccccc21)C(=O)N(C)[C@@H](CC(C)C)C(=O)N[C@@H](C)C(=O)N(C)[C@@H](C)C(=O)NCC(=O)N[C@@H](Cc1ccc(OC(C)(C)C)cc1)C(=O)O. The van der Waals surface area contributed by atoms with Crippen LogP contribution >= 0.6 is 0 Å². The Bertz CT molecular complexity index is 2370. The van der Waals surface area contributed by atoms with Gasteiger partial charge in [0.2, 0.25) is 35.4 Å². The molecule has 18 heteroatoms. The molecule has 4 rings (SSSR count). The van der Waals surface area contributed by atoms with Crippen LogP contribution in [-0.2, 0) is 44.7 Å². The maximum absolute atomic E-state index is 14.3. The van der Waals surface area contributed by atoms with Crippen LogP contribution in [0.2, 0.25) is 0 Å². The number of nitrogens with zero attached hydrogens (tertiary/aromatic N) is 3. The van der Waals surface area contributed by atoms with Gasteiger partial charge in [-0.1, -0.05) is 88.4 Å². The van der Waals surface area contributed by atoms with Gasteiger partial charge in [-0.05, 0) is 106 Å². The fourth-order valence-corrected chi connectivity index (χ4v) is 8.39. The highest BCUT2D eigenvalue weighted by molar-refractivity contribution is 5.96. The molecular weight excluding hydrogens is 923 g/mol. The van der Waals surface area contributed by atoms with E-state index in [9.17, 15) is 43.5 Å². The highest BCUT2D eigenvalue weighted by atomic mass is 16.6. The molecule has 6 atom stereocenters. The van der Waals surface area contributed by atoms with Crippen LogP contribution < -0.4 is 26.0 Å². The summed E-state index contributed by atoms with van der Waals surface area (Å²) in [6, 6.07) is 16.0. The highest BCUT2D eigenvalue weighted by Crippen LogP contribution is 2.44. The lowest BCUT2D eigenvalue weighted by Gasteiger charge is -2.34. The Morgan fingerprint density at radius 2 is 1.17 bits per heavy atom. The maximum Gasteiger partial charge on any atom is 0.410 e. The number of carboxylic acid groups (broad SMARTS) is 1. The summed E-state index contributed by atoms with van der Waals surface area (Å²) in [4.78, 5) is 111. The molecular formula is C54H75N7O11. The lowest BCUT2D eigenvalue weighted by molar-refractivity contribution is -0.145. The molecule has 392 valence electrons. The van der Waals surface area contributed by atoms with E-state index in [2.05, 4.69) is 21.3 Å². The van der Waals surface area contributed by atoms with Crippen molar-refractivity contribution in [3.8, 4) is 16.9 Å². The van der Waals surface area contributed by atoms with Crippen molar-refractivity contribution in [1.82, 2.24) is 36.0 Å². The average molecular weight is 998 g/mol. The first-order chi connectivity index (χ1) is 33.7. The van der Waals surface area contributed by atoms with Crippen molar-refractivity contribution in [3.05, 3.63) is 89.5 Å². The molecule has 0 aliphatic heterocycles. The molecule has 1 aliphatic carbocycles. The summed E-state index contributed by atoms with van der Waals surface area (Å²) in [6.45, 7) is 17.1. The molecule has 3 aromatic carbocycles. The van der Waals surface area contributed by atoms with E-state index in [4.69, 9.17) is 9.47 Å². The zero-order valence-corrected chi connectivity index (χ0v) is 44.0. The van der Waals surface area contributed by atoms with Crippen molar-refractivity contribution in [2.24, 2.45) is 11.8 Å². The Hall–Kier alpha value is -6.98. The number of likely N-dealkylation sites (N-methyl/N-ethyl adjacent to an activating group) is 3. The molecule has 0 fully saturated rings. The van der Waals surface area contributed by atoms with E-state index in [1.165, 1.54) is 51.7 Å². The van der Waals surface area contributed by atoms with Crippen LogP contribution in [0, 0.1) is 11.8 Å². The Balaban J connectivity index is 1.32. The van der Waals surface area contributed by atoms with Crippen LogP contribution in [0.25, 0.3) is 11.1 Å². The minimum absolute atomic E-state index is 0.0241. The summed E-state index contributed by atoms with van der Waals surface area (Å²) in [5, 5.41) is 20.2. The molecule has 0 saturated heterocycles. The van der Waals surface area contributed by atoms with E-state index < -0.39 is 95.9 Å². The van der Waals surface area contributed by atoms with Gasteiger partial charge in [0.25, 0.3) is 0 Å². The normalized spacial score (nSPS) is 14.5. The lowest BCUT2D eigenvalue weighted by Crippen LogP contribution is -2.59.